The van der Waals surface area contributed by atoms with Gasteiger partial charge >= 0.3 is 0 Å². The van der Waals surface area contributed by atoms with Gasteiger partial charge in [-0.05, 0) is 41.5 Å². The number of anilines is 3. The average Bonchev–Trinajstić information content (AvgIpc) is 2.81. The number of benzene rings is 2. The van der Waals surface area contributed by atoms with Gasteiger partial charge in [0.2, 0.25) is 0 Å². The highest BCUT2D eigenvalue weighted by Crippen LogP contribution is 2.31. The molecule has 0 unspecified atom stereocenters. The molecule has 1 heterocycles. The minimum absolute atomic E-state index is 0.850. The number of rotatable bonds is 2. The molecule has 3 nitrogen and oxygen atoms in total. The van der Waals surface area contributed by atoms with Crippen LogP contribution in [0.25, 0.3) is 0 Å². The molecule has 0 saturated heterocycles. The lowest BCUT2D eigenvalue weighted by atomic mass is 10.1. The van der Waals surface area contributed by atoms with Gasteiger partial charge in [-0.2, -0.15) is 0 Å². The topological polar surface area (TPSA) is 32.5 Å². The first kappa shape index (κ1) is 11.9. The zero-order valence-corrected chi connectivity index (χ0v) is 11.4. The molecule has 0 fully saturated rings. The standard InChI is InChI=1S/C16H19N3/c1-18(2)15-4-3-5-16(9-15)19-10-12-6-7-14(17)8-13(12)11-19/h3-9H,10-11,17H2,1-2H3. The van der Waals surface area contributed by atoms with Crippen molar-refractivity contribution in [2.45, 2.75) is 13.1 Å². The van der Waals surface area contributed by atoms with Gasteiger partial charge in [-0.1, -0.05) is 12.1 Å². The van der Waals surface area contributed by atoms with E-state index in [-0.39, 0.29) is 0 Å². The van der Waals surface area contributed by atoms with E-state index in [2.05, 4.69) is 60.3 Å². The predicted octanol–water partition coefficient (Wildman–Crippen LogP) is 2.86. The van der Waals surface area contributed by atoms with Crippen molar-refractivity contribution in [3.8, 4) is 0 Å². The lowest BCUT2D eigenvalue weighted by Gasteiger charge is -2.20. The fourth-order valence-corrected chi connectivity index (χ4v) is 2.56. The van der Waals surface area contributed by atoms with Gasteiger partial charge in [-0.25, -0.2) is 0 Å². The highest BCUT2D eigenvalue weighted by atomic mass is 15.1. The molecule has 0 bridgehead atoms. The Hall–Kier alpha value is -2.16. The molecule has 98 valence electrons. The maximum absolute atomic E-state index is 5.85. The van der Waals surface area contributed by atoms with Crippen molar-refractivity contribution in [3.05, 3.63) is 53.6 Å². The van der Waals surface area contributed by atoms with E-state index in [0.717, 1.165) is 18.8 Å². The zero-order chi connectivity index (χ0) is 13.4. The van der Waals surface area contributed by atoms with Crippen LogP contribution >= 0.6 is 0 Å². The Bertz CT molecular complexity index is 605. The fourth-order valence-electron chi connectivity index (χ4n) is 2.56. The van der Waals surface area contributed by atoms with Gasteiger partial charge in [0.05, 0.1) is 0 Å². The van der Waals surface area contributed by atoms with Crippen LogP contribution in [0.3, 0.4) is 0 Å². The van der Waals surface area contributed by atoms with Crippen LogP contribution in [-0.2, 0) is 13.1 Å². The lowest BCUT2D eigenvalue weighted by Crippen LogP contribution is -2.15. The van der Waals surface area contributed by atoms with Crippen LogP contribution in [-0.4, -0.2) is 14.1 Å². The number of nitrogens with zero attached hydrogens (tertiary/aromatic N) is 2. The van der Waals surface area contributed by atoms with Crippen molar-refractivity contribution in [1.29, 1.82) is 0 Å². The maximum Gasteiger partial charge on any atom is 0.0437 e. The molecule has 0 spiro atoms. The Balaban J connectivity index is 1.88. The van der Waals surface area contributed by atoms with Crippen LogP contribution in [0.15, 0.2) is 42.5 Å². The van der Waals surface area contributed by atoms with Crippen molar-refractivity contribution in [2.24, 2.45) is 0 Å². The average molecular weight is 253 g/mol. The van der Waals surface area contributed by atoms with Crippen LogP contribution in [0.5, 0.6) is 0 Å². The first-order valence-electron chi connectivity index (χ1n) is 6.53. The normalized spacial score (nSPS) is 13.5. The molecule has 0 amide bonds. The predicted molar refractivity (Wildman–Crippen MR) is 81.5 cm³/mol. The highest BCUT2D eigenvalue weighted by Gasteiger charge is 2.19. The molecule has 0 radical (unpaired) electrons. The van der Waals surface area contributed by atoms with Crippen molar-refractivity contribution in [1.82, 2.24) is 0 Å². The van der Waals surface area contributed by atoms with E-state index in [1.54, 1.807) is 0 Å². The van der Waals surface area contributed by atoms with Gasteiger partial charge in [-0.3, -0.25) is 0 Å². The first-order chi connectivity index (χ1) is 9.13. The summed E-state index contributed by atoms with van der Waals surface area (Å²) in [5.41, 5.74) is 11.9. The second-order valence-electron chi connectivity index (χ2n) is 5.30. The van der Waals surface area contributed by atoms with Crippen molar-refractivity contribution < 1.29 is 0 Å². The summed E-state index contributed by atoms with van der Waals surface area (Å²) in [6.45, 7) is 1.91. The van der Waals surface area contributed by atoms with Crippen LogP contribution in [0.4, 0.5) is 17.1 Å². The maximum atomic E-state index is 5.85. The molecule has 0 atom stereocenters. The second-order valence-corrected chi connectivity index (χ2v) is 5.30. The third kappa shape index (κ3) is 2.24. The van der Waals surface area contributed by atoms with Gasteiger partial charge < -0.3 is 15.5 Å². The molecular weight excluding hydrogens is 234 g/mol. The molecule has 2 N–H and O–H groups in total. The van der Waals surface area contributed by atoms with E-state index < -0.39 is 0 Å². The molecule has 1 aliphatic rings. The van der Waals surface area contributed by atoms with Gasteiger partial charge in [0, 0.05) is 44.2 Å². The van der Waals surface area contributed by atoms with Gasteiger partial charge in [0.15, 0.2) is 0 Å². The number of hydrogen-bond donors (Lipinski definition) is 1. The molecule has 2 aromatic rings. The Kier molecular flexibility index (Phi) is 2.82. The lowest BCUT2D eigenvalue weighted by molar-refractivity contribution is 0.880. The summed E-state index contributed by atoms with van der Waals surface area (Å²) in [5.74, 6) is 0. The summed E-state index contributed by atoms with van der Waals surface area (Å²) in [4.78, 5) is 4.52. The minimum atomic E-state index is 0.850. The van der Waals surface area contributed by atoms with E-state index >= 15 is 0 Å². The summed E-state index contributed by atoms with van der Waals surface area (Å²) in [6, 6.07) is 14.9. The van der Waals surface area contributed by atoms with Gasteiger partial charge in [-0.15, -0.1) is 0 Å². The van der Waals surface area contributed by atoms with E-state index in [1.165, 1.54) is 22.5 Å². The zero-order valence-electron chi connectivity index (χ0n) is 11.4. The van der Waals surface area contributed by atoms with Crippen LogP contribution in [0.1, 0.15) is 11.1 Å². The Morgan fingerprint density at radius 1 is 1.00 bits per heavy atom. The Morgan fingerprint density at radius 3 is 2.58 bits per heavy atom. The number of hydrogen-bond acceptors (Lipinski definition) is 3. The molecule has 1 aliphatic heterocycles. The Morgan fingerprint density at radius 2 is 1.79 bits per heavy atom. The first-order valence-corrected chi connectivity index (χ1v) is 6.53. The monoisotopic (exact) mass is 253 g/mol. The third-order valence-electron chi connectivity index (χ3n) is 3.66. The summed E-state index contributed by atoms with van der Waals surface area (Å²) < 4.78 is 0. The fraction of sp³-hybridized carbons (Fsp3) is 0.250. The highest BCUT2D eigenvalue weighted by molar-refractivity contribution is 5.61. The molecule has 19 heavy (non-hydrogen) atoms. The van der Waals surface area contributed by atoms with Crippen LogP contribution < -0.4 is 15.5 Å². The second kappa shape index (κ2) is 4.50. The number of nitrogen functional groups attached to an aromatic ring is 1. The van der Waals surface area contributed by atoms with Crippen molar-refractivity contribution in [3.63, 3.8) is 0 Å². The van der Waals surface area contributed by atoms with Crippen LogP contribution in [0.2, 0.25) is 0 Å². The van der Waals surface area contributed by atoms with Gasteiger partial charge in [0.25, 0.3) is 0 Å². The summed E-state index contributed by atoms with van der Waals surface area (Å²) in [5, 5.41) is 0. The van der Waals surface area contributed by atoms with E-state index in [0.29, 0.717) is 0 Å². The quantitative estimate of drug-likeness (QED) is 0.835. The van der Waals surface area contributed by atoms with Gasteiger partial charge in [0.1, 0.15) is 0 Å². The number of fused-ring (bicyclic) bond motifs is 1. The molecule has 0 aromatic heterocycles. The number of nitrogens with two attached hydrogens (primary N) is 1. The van der Waals surface area contributed by atoms with E-state index in [4.69, 9.17) is 5.73 Å². The SMILES string of the molecule is CN(C)c1cccc(N2Cc3ccc(N)cc3C2)c1. The van der Waals surface area contributed by atoms with E-state index in [9.17, 15) is 0 Å². The third-order valence-corrected chi connectivity index (χ3v) is 3.66. The summed E-state index contributed by atoms with van der Waals surface area (Å²) >= 11 is 0. The van der Waals surface area contributed by atoms with Crippen molar-refractivity contribution in [2.75, 3.05) is 29.6 Å². The summed E-state index contributed by atoms with van der Waals surface area (Å²) in [7, 11) is 4.14. The molecule has 0 aliphatic carbocycles. The van der Waals surface area contributed by atoms with Crippen LogP contribution in [0, 0.1) is 0 Å². The molecule has 3 rings (SSSR count). The largest absolute Gasteiger partial charge is 0.399 e. The Labute approximate surface area is 114 Å². The molecule has 3 heteroatoms. The van der Waals surface area contributed by atoms with E-state index in [1.807, 2.05) is 6.07 Å². The molecule has 0 saturated carbocycles. The minimum Gasteiger partial charge on any atom is -0.399 e. The summed E-state index contributed by atoms with van der Waals surface area (Å²) in [6.07, 6.45) is 0. The van der Waals surface area contributed by atoms with Crippen molar-refractivity contribution >= 4 is 17.1 Å². The molecular formula is C16H19N3. The smallest absolute Gasteiger partial charge is 0.0437 e. The molecule has 2 aromatic carbocycles.